The van der Waals surface area contributed by atoms with Crippen molar-refractivity contribution < 1.29 is 23.1 Å². The lowest BCUT2D eigenvalue weighted by Crippen LogP contribution is -2.36. The molecule has 0 aliphatic heterocycles. The first-order valence-electron chi connectivity index (χ1n) is 7.47. The molecule has 0 heterocycles. The maximum atomic E-state index is 12.4. The first-order chi connectivity index (χ1) is 10.4. The molecular formula is C16H20F3NO2. The van der Waals surface area contributed by atoms with E-state index in [1.165, 1.54) is 12.1 Å². The predicted molar refractivity (Wildman–Crippen MR) is 76.1 cm³/mol. The Hall–Kier alpha value is -1.56. The topological polar surface area (TPSA) is 49.3 Å². The summed E-state index contributed by atoms with van der Waals surface area (Å²) in [5.74, 6) is -0.0526. The van der Waals surface area contributed by atoms with Gasteiger partial charge in [-0.25, -0.2) is 0 Å². The monoisotopic (exact) mass is 315 g/mol. The van der Waals surface area contributed by atoms with E-state index in [0.29, 0.717) is 5.56 Å². The van der Waals surface area contributed by atoms with Crippen LogP contribution in [0.15, 0.2) is 24.3 Å². The summed E-state index contributed by atoms with van der Waals surface area (Å²) >= 11 is 0. The molecule has 0 spiro atoms. The fraction of sp³-hybridized carbons (Fsp3) is 0.562. The van der Waals surface area contributed by atoms with E-state index in [2.05, 4.69) is 5.32 Å². The van der Waals surface area contributed by atoms with Crippen LogP contribution in [0.1, 0.15) is 36.8 Å². The number of nitrogens with one attached hydrogen (secondary N) is 1. The van der Waals surface area contributed by atoms with Crippen LogP contribution in [0.5, 0.6) is 0 Å². The quantitative estimate of drug-likeness (QED) is 0.878. The predicted octanol–water partition coefficient (Wildman–Crippen LogP) is 2.92. The summed E-state index contributed by atoms with van der Waals surface area (Å²) < 4.78 is 37.3. The zero-order chi connectivity index (χ0) is 16.2. The number of carbonyl (C=O) groups excluding carboxylic acids is 1. The molecule has 1 aromatic carbocycles. The van der Waals surface area contributed by atoms with Crippen LogP contribution in [0.3, 0.4) is 0 Å². The highest BCUT2D eigenvalue weighted by Crippen LogP contribution is 2.29. The molecule has 1 unspecified atom stereocenters. The highest BCUT2D eigenvalue weighted by molar-refractivity contribution is 5.78. The van der Waals surface area contributed by atoms with Crippen molar-refractivity contribution in [2.75, 3.05) is 6.54 Å². The van der Waals surface area contributed by atoms with Crippen LogP contribution in [-0.2, 0) is 17.4 Å². The lowest BCUT2D eigenvalue weighted by molar-refractivity contribution is -0.137. The molecular weight excluding hydrogens is 295 g/mol. The van der Waals surface area contributed by atoms with Gasteiger partial charge in [0.2, 0.25) is 5.91 Å². The van der Waals surface area contributed by atoms with Gasteiger partial charge >= 0.3 is 6.18 Å². The molecule has 1 aromatic rings. The second-order valence-corrected chi connectivity index (χ2v) is 5.79. The molecule has 2 rings (SSSR count). The van der Waals surface area contributed by atoms with Gasteiger partial charge in [-0.15, -0.1) is 0 Å². The van der Waals surface area contributed by atoms with Gasteiger partial charge in [0.05, 0.1) is 18.1 Å². The molecule has 1 saturated carbocycles. The van der Waals surface area contributed by atoms with E-state index in [9.17, 15) is 23.1 Å². The molecule has 1 atom stereocenters. The van der Waals surface area contributed by atoms with Crippen molar-refractivity contribution in [3.8, 4) is 0 Å². The molecule has 2 N–H and O–H groups in total. The van der Waals surface area contributed by atoms with Crippen molar-refractivity contribution in [2.24, 2.45) is 5.92 Å². The second-order valence-electron chi connectivity index (χ2n) is 5.79. The van der Waals surface area contributed by atoms with Crippen LogP contribution in [0.25, 0.3) is 0 Å². The van der Waals surface area contributed by atoms with Gasteiger partial charge < -0.3 is 10.4 Å². The van der Waals surface area contributed by atoms with Crippen molar-refractivity contribution in [1.82, 2.24) is 5.32 Å². The van der Waals surface area contributed by atoms with Crippen LogP contribution in [-0.4, -0.2) is 23.7 Å². The van der Waals surface area contributed by atoms with Gasteiger partial charge in [0, 0.05) is 6.54 Å². The summed E-state index contributed by atoms with van der Waals surface area (Å²) in [5.41, 5.74) is -0.214. The molecule has 0 aromatic heterocycles. The maximum absolute atomic E-state index is 12.4. The highest BCUT2D eigenvalue weighted by Gasteiger charge is 2.30. The van der Waals surface area contributed by atoms with E-state index >= 15 is 0 Å². The highest BCUT2D eigenvalue weighted by atomic mass is 19.4. The SMILES string of the molecule is O=C(Cc1ccc(C(F)(F)F)cc1)NCC(O)C1CCCC1. The largest absolute Gasteiger partial charge is 0.416 e. The molecule has 3 nitrogen and oxygen atoms in total. The normalized spacial score (nSPS) is 17.5. The van der Waals surface area contributed by atoms with Crippen molar-refractivity contribution in [2.45, 2.75) is 44.4 Å². The van der Waals surface area contributed by atoms with Crippen LogP contribution in [0.4, 0.5) is 13.2 Å². The number of halogens is 3. The Morgan fingerprint density at radius 1 is 1.23 bits per heavy atom. The molecule has 0 bridgehead atoms. The maximum Gasteiger partial charge on any atom is 0.416 e. The standard InChI is InChI=1S/C16H20F3NO2/c17-16(18,19)13-7-5-11(6-8-13)9-15(22)20-10-14(21)12-3-1-2-4-12/h5-8,12,14,21H,1-4,9-10H2,(H,20,22). The number of benzene rings is 1. The van der Waals surface area contributed by atoms with Gasteiger partial charge in [-0.3, -0.25) is 4.79 Å². The zero-order valence-corrected chi connectivity index (χ0v) is 12.2. The molecule has 6 heteroatoms. The summed E-state index contributed by atoms with van der Waals surface area (Å²) in [6, 6.07) is 4.54. The van der Waals surface area contributed by atoms with Crippen LogP contribution in [0.2, 0.25) is 0 Å². The van der Waals surface area contributed by atoms with Crippen LogP contribution >= 0.6 is 0 Å². The zero-order valence-electron chi connectivity index (χ0n) is 12.2. The molecule has 1 amide bonds. The number of hydrogen-bond acceptors (Lipinski definition) is 2. The van der Waals surface area contributed by atoms with E-state index in [1.54, 1.807) is 0 Å². The number of hydrogen-bond donors (Lipinski definition) is 2. The lowest BCUT2D eigenvalue weighted by Gasteiger charge is -2.18. The Morgan fingerprint density at radius 2 is 1.82 bits per heavy atom. The first kappa shape index (κ1) is 16.8. The van der Waals surface area contributed by atoms with Crippen molar-refractivity contribution >= 4 is 5.91 Å². The number of alkyl halides is 3. The number of rotatable bonds is 5. The molecule has 1 aliphatic carbocycles. The Labute approximate surface area is 127 Å². The van der Waals surface area contributed by atoms with Crippen molar-refractivity contribution in [3.05, 3.63) is 35.4 Å². The molecule has 122 valence electrons. The van der Waals surface area contributed by atoms with Gasteiger partial charge in [-0.2, -0.15) is 13.2 Å². The average Bonchev–Trinajstić information content (AvgIpc) is 2.98. The number of aliphatic hydroxyl groups is 1. The van der Waals surface area contributed by atoms with E-state index < -0.39 is 17.8 Å². The van der Waals surface area contributed by atoms with Gasteiger partial charge in [0.25, 0.3) is 0 Å². The molecule has 22 heavy (non-hydrogen) atoms. The van der Waals surface area contributed by atoms with Crippen LogP contribution < -0.4 is 5.32 Å². The fourth-order valence-corrected chi connectivity index (χ4v) is 2.79. The summed E-state index contributed by atoms with van der Waals surface area (Å²) in [7, 11) is 0. The van der Waals surface area contributed by atoms with Crippen molar-refractivity contribution in [1.29, 1.82) is 0 Å². The van der Waals surface area contributed by atoms with E-state index in [1.807, 2.05) is 0 Å². The molecule has 0 radical (unpaired) electrons. The lowest BCUT2D eigenvalue weighted by atomic mass is 10.0. The minimum absolute atomic E-state index is 0.00945. The summed E-state index contributed by atoms with van der Waals surface area (Å²) in [5, 5.41) is 12.6. The van der Waals surface area contributed by atoms with Gasteiger partial charge in [0.1, 0.15) is 0 Å². The van der Waals surface area contributed by atoms with E-state index in [0.717, 1.165) is 37.8 Å². The third kappa shape index (κ3) is 4.73. The van der Waals surface area contributed by atoms with Crippen LogP contribution in [0, 0.1) is 5.92 Å². The van der Waals surface area contributed by atoms with Crippen molar-refractivity contribution in [3.63, 3.8) is 0 Å². The first-order valence-corrected chi connectivity index (χ1v) is 7.47. The van der Waals surface area contributed by atoms with E-state index in [4.69, 9.17) is 0 Å². The summed E-state index contributed by atoms with van der Waals surface area (Å²) in [6.45, 7) is 0.199. The number of amides is 1. The second kappa shape index (κ2) is 7.13. The van der Waals surface area contributed by atoms with E-state index in [-0.39, 0.29) is 24.8 Å². The van der Waals surface area contributed by atoms with Gasteiger partial charge in [-0.05, 0) is 36.5 Å². The number of carbonyl (C=O) groups is 1. The Kier molecular flexibility index (Phi) is 5.45. The molecule has 1 aliphatic rings. The Bertz CT molecular complexity index is 493. The summed E-state index contributed by atoms with van der Waals surface area (Å²) in [4.78, 5) is 11.8. The summed E-state index contributed by atoms with van der Waals surface area (Å²) in [6.07, 6.45) is -0.713. The van der Waals surface area contributed by atoms with Gasteiger partial charge in [-0.1, -0.05) is 25.0 Å². The third-order valence-electron chi connectivity index (χ3n) is 4.10. The number of aliphatic hydroxyl groups excluding tert-OH is 1. The average molecular weight is 315 g/mol. The molecule has 1 fully saturated rings. The Morgan fingerprint density at radius 3 is 2.36 bits per heavy atom. The Balaban J connectivity index is 1.79. The third-order valence-corrected chi connectivity index (χ3v) is 4.10. The molecule has 0 saturated heterocycles. The van der Waals surface area contributed by atoms with Gasteiger partial charge in [0.15, 0.2) is 0 Å². The smallest absolute Gasteiger partial charge is 0.391 e. The minimum atomic E-state index is -4.37. The fourth-order valence-electron chi connectivity index (χ4n) is 2.79. The minimum Gasteiger partial charge on any atom is -0.391 e.